The molecule has 0 atom stereocenters. The maximum absolute atomic E-state index is 12.2. The number of hydrogen-bond donors (Lipinski definition) is 2. The number of aliphatic carboxylic acids is 1. The van der Waals surface area contributed by atoms with Crippen LogP contribution in [0.2, 0.25) is 0 Å². The van der Waals surface area contributed by atoms with Crippen LogP contribution in [0.5, 0.6) is 0 Å². The molecule has 110 valence electrons. The van der Waals surface area contributed by atoms with Crippen LogP contribution in [0.1, 0.15) is 60.8 Å². The lowest BCUT2D eigenvalue weighted by Gasteiger charge is -2.26. The molecule has 2 N–H and O–H groups in total. The number of nitrogens with one attached hydrogen (secondary N) is 1. The third kappa shape index (κ3) is 3.33. The van der Waals surface area contributed by atoms with Crippen LogP contribution in [-0.2, 0) is 4.79 Å². The quantitative estimate of drug-likeness (QED) is 0.887. The molecular weight excluding hydrogens is 278 g/mol. The van der Waals surface area contributed by atoms with Crippen molar-refractivity contribution in [3.63, 3.8) is 0 Å². The zero-order chi connectivity index (χ0) is 14.7. The Morgan fingerprint density at radius 3 is 2.50 bits per heavy atom. The summed E-state index contributed by atoms with van der Waals surface area (Å²) in [4.78, 5) is 23.7. The van der Waals surface area contributed by atoms with E-state index < -0.39 is 5.97 Å². The number of rotatable bonds is 4. The van der Waals surface area contributed by atoms with Crippen molar-refractivity contribution in [1.82, 2.24) is 14.9 Å². The summed E-state index contributed by atoms with van der Waals surface area (Å²) in [7, 11) is 0. The number of amides is 1. The van der Waals surface area contributed by atoms with Gasteiger partial charge in [0, 0.05) is 6.04 Å². The first kappa shape index (κ1) is 14.9. The number of aromatic nitrogens is 2. The maximum Gasteiger partial charge on any atom is 0.306 e. The van der Waals surface area contributed by atoms with Crippen molar-refractivity contribution in [2.45, 2.75) is 51.5 Å². The van der Waals surface area contributed by atoms with Crippen LogP contribution in [0, 0.1) is 5.92 Å². The molecule has 0 spiro atoms. The molecule has 6 nitrogen and oxygen atoms in total. The number of carboxylic acid groups (broad SMARTS) is 1. The Morgan fingerprint density at radius 1 is 1.30 bits per heavy atom. The minimum absolute atomic E-state index is 0.0558. The van der Waals surface area contributed by atoms with Crippen LogP contribution in [0.15, 0.2) is 0 Å². The van der Waals surface area contributed by atoms with E-state index in [0.717, 1.165) is 17.2 Å². The van der Waals surface area contributed by atoms with Crippen molar-refractivity contribution in [3.8, 4) is 0 Å². The van der Waals surface area contributed by atoms with E-state index in [-0.39, 0.29) is 23.8 Å². The van der Waals surface area contributed by atoms with Crippen LogP contribution in [0.4, 0.5) is 0 Å². The molecule has 1 heterocycles. The number of carboxylic acids is 1. The molecule has 1 aliphatic rings. The maximum atomic E-state index is 12.2. The molecule has 20 heavy (non-hydrogen) atoms. The zero-order valence-electron chi connectivity index (χ0n) is 11.6. The third-order valence-corrected chi connectivity index (χ3v) is 4.42. The Kier molecular flexibility index (Phi) is 4.69. The lowest BCUT2D eigenvalue weighted by atomic mass is 9.86. The van der Waals surface area contributed by atoms with Crippen LogP contribution in [0.25, 0.3) is 0 Å². The van der Waals surface area contributed by atoms with Gasteiger partial charge >= 0.3 is 5.97 Å². The normalized spacial score (nSPS) is 22.8. The van der Waals surface area contributed by atoms with E-state index in [4.69, 9.17) is 5.11 Å². The average Bonchev–Trinajstić information content (AvgIpc) is 2.88. The van der Waals surface area contributed by atoms with Crippen molar-refractivity contribution in [2.75, 3.05) is 0 Å². The molecule has 0 unspecified atom stereocenters. The summed E-state index contributed by atoms with van der Waals surface area (Å²) < 4.78 is 3.85. The minimum atomic E-state index is -0.733. The number of nitrogens with zero attached hydrogens (tertiary/aromatic N) is 2. The van der Waals surface area contributed by atoms with E-state index in [1.165, 1.54) is 0 Å². The van der Waals surface area contributed by atoms with Gasteiger partial charge in [-0.05, 0) is 43.1 Å². The van der Waals surface area contributed by atoms with Gasteiger partial charge < -0.3 is 10.4 Å². The molecule has 0 saturated heterocycles. The Morgan fingerprint density at radius 2 is 1.95 bits per heavy atom. The summed E-state index contributed by atoms with van der Waals surface area (Å²) in [5.74, 6) is -0.970. The summed E-state index contributed by atoms with van der Waals surface area (Å²) >= 11 is 1.11. The summed E-state index contributed by atoms with van der Waals surface area (Å²) in [6.45, 7) is 3.96. The fourth-order valence-corrected chi connectivity index (χ4v) is 3.19. The van der Waals surface area contributed by atoms with Crippen LogP contribution in [0.3, 0.4) is 0 Å². The molecule has 7 heteroatoms. The van der Waals surface area contributed by atoms with Gasteiger partial charge in [-0.3, -0.25) is 9.59 Å². The molecule has 1 aromatic heterocycles. The Balaban J connectivity index is 1.93. The molecule has 2 rings (SSSR count). The topological polar surface area (TPSA) is 92.2 Å². The van der Waals surface area contributed by atoms with Crippen molar-refractivity contribution in [3.05, 3.63) is 10.6 Å². The molecule has 1 aromatic rings. The largest absolute Gasteiger partial charge is 0.481 e. The number of carbonyl (C=O) groups is 2. The molecule has 1 aliphatic carbocycles. The highest BCUT2D eigenvalue weighted by atomic mass is 32.1. The predicted octanol–water partition coefficient (Wildman–Crippen LogP) is 2.03. The summed E-state index contributed by atoms with van der Waals surface area (Å²) in [5, 5.41) is 15.9. The Hall–Kier alpha value is -1.50. The second-order valence-corrected chi connectivity index (χ2v) is 6.26. The lowest BCUT2D eigenvalue weighted by Crippen LogP contribution is -2.38. The molecule has 1 saturated carbocycles. The van der Waals surface area contributed by atoms with E-state index in [1.54, 1.807) is 0 Å². The average molecular weight is 297 g/mol. The second kappa shape index (κ2) is 6.30. The summed E-state index contributed by atoms with van der Waals surface area (Å²) in [5.41, 5.74) is 0.728. The fourth-order valence-electron chi connectivity index (χ4n) is 2.47. The summed E-state index contributed by atoms with van der Waals surface area (Å²) in [6, 6.07) is 0.0558. The third-order valence-electron chi connectivity index (χ3n) is 3.68. The van der Waals surface area contributed by atoms with Crippen LogP contribution >= 0.6 is 11.5 Å². The highest BCUT2D eigenvalue weighted by Gasteiger charge is 2.28. The van der Waals surface area contributed by atoms with Gasteiger partial charge in [0.2, 0.25) is 0 Å². The van der Waals surface area contributed by atoms with Gasteiger partial charge in [0.05, 0.1) is 11.6 Å². The van der Waals surface area contributed by atoms with Crippen molar-refractivity contribution in [2.24, 2.45) is 5.92 Å². The van der Waals surface area contributed by atoms with E-state index in [0.29, 0.717) is 30.6 Å². The van der Waals surface area contributed by atoms with Gasteiger partial charge in [0.1, 0.15) is 4.88 Å². The van der Waals surface area contributed by atoms with E-state index in [2.05, 4.69) is 14.9 Å². The molecule has 0 aliphatic heterocycles. The van der Waals surface area contributed by atoms with Gasteiger partial charge in [-0.25, -0.2) is 0 Å². The van der Waals surface area contributed by atoms with Crippen molar-refractivity contribution in [1.29, 1.82) is 0 Å². The number of carbonyl (C=O) groups excluding carboxylic acids is 1. The first-order valence-electron chi connectivity index (χ1n) is 6.85. The second-order valence-electron chi connectivity index (χ2n) is 5.50. The van der Waals surface area contributed by atoms with E-state index in [9.17, 15) is 9.59 Å². The van der Waals surface area contributed by atoms with Gasteiger partial charge in [-0.15, -0.1) is 5.10 Å². The molecule has 1 fully saturated rings. The van der Waals surface area contributed by atoms with Crippen molar-refractivity contribution >= 4 is 23.4 Å². The predicted molar refractivity (Wildman–Crippen MR) is 74.8 cm³/mol. The minimum Gasteiger partial charge on any atom is -0.481 e. The zero-order valence-corrected chi connectivity index (χ0v) is 12.4. The smallest absolute Gasteiger partial charge is 0.306 e. The highest BCUT2D eigenvalue weighted by Crippen LogP contribution is 2.25. The molecule has 0 bridgehead atoms. The first-order valence-corrected chi connectivity index (χ1v) is 7.62. The number of hydrogen-bond acceptors (Lipinski definition) is 5. The van der Waals surface area contributed by atoms with Crippen LogP contribution < -0.4 is 5.32 Å². The van der Waals surface area contributed by atoms with Gasteiger partial charge in [-0.2, -0.15) is 0 Å². The highest BCUT2D eigenvalue weighted by molar-refractivity contribution is 7.08. The first-order chi connectivity index (χ1) is 9.49. The van der Waals surface area contributed by atoms with Crippen LogP contribution in [-0.4, -0.2) is 32.6 Å². The van der Waals surface area contributed by atoms with Gasteiger partial charge in [0.15, 0.2) is 0 Å². The molecule has 0 radical (unpaired) electrons. The van der Waals surface area contributed by atoms with E-state index >= 15 is 0 Å². The SMILES string of the molecule is CC(C)c1nnsc1C(=O)NC1CCC(C(=O)O)CC1. The fraction of sp³-hybridized carbons (Fsp3) is 0.692. The van der Waals surface area contributed by atoms with Gasteiger partial charge in [0.25, 0.3) is 5.91 Å². The lowest BCUT2D eigenvalue weighted by molar-refractivity contribution is -0.142. The van der Waals surface area contributed by atoms with E-state index in [1.807, 2.05) is 13.8 Å². The molecule has 1 amide bonds. The standard InChI is InChI=1S/C13H19N3O3S/c1-7(2)10-11(20-16-15-10)12(17)14-9-5-3-8(4-6-9)13(18)19/h7-9H,3-6H2,1-2H3,(H,14,17)(H,18,19). The molecule has 0 aromatic carbocycles. The monoisotopic (exact) mass is 297 g/mol. The van der Waals surface area contributed by atoms with Crippen molar-refractivity contribution < 1.29 is 14.7 Å². The van der Waals surface area contributed by atoms with Gasteiger partial charge in [-0.1, -0.05) is 18.3 Å². The Bertz CT molecular complexity index is 493. The molecular formula is C13H19N3O3S. The Labute approximate surface area is 121 Å². The summed E-state index contributed by atoms with van der Waals surface area (Å²) in [6.07, 6.45) is 2.68.